The van der Waals surface area contributed by atoms with Crippen LogP contribution in [-0.4, -0.2) is 17.0 Å². The molecule has 5 nitrogen and oxygen atoms in total. The number of ether oxygens (including phenoxy) is 1. The molecule has 0 aliphatic carbocycles. The zero-order valence-corrected chi connectivity index (χ0v) is 13.0. The van der Waals surface area contributed by atoms with Gasteiger partial charge >= 0.3 is 5.97 Å². The van der Waals surface area contributed by atoms with Gasteiger partial charge in [-0.2, -0.15) is 0 Å². The fourth-order valence-electron chi connectivity index (χ4n) is 1.58. The molecule has 0 fully saturated rings. The van der Waals surface area contributed by atoms with Crippen molar-refractivity contribution < 1.29 is 19.4 Å². The average molecular weight is 293 g/mol. The van der Waals surface area contributed by atoms with Gasteiger partial charge in [-0.25, -0.2) is 0 Å². The molecule has 0 radical (unpaired) electrons. The summed E-state index contributed by atoms with van der Waals surface area (Å²) in [5.41, 5.74) is 1.37. The number of esters is 1. The molecule has 1 amide bonds. The third kappa shape index (κ3) is 5.45. The van der Waals surface area contributed by atoms with Crippen LogP contribution in [0.4, 0.5) is 0 Å². The molecule has 5 heteroatoms. The number of benzene rings is 1. The minimum absolute atomic E-state index is 0.0777. The van der Waals surface area contributed by atoms with Crippen LogP contribution in [-0.2, 0) is 27.5 Å². The van der Waals surface area contributed by atoms with Crippen molar-refractivity contribution in [1.82, 2.24) is 5.32 Å². The fraction of sp³-hybridized carbons (Fsp3) is 0.500. The Hall–Kier alpha value is -2.04. The highest BCUT2D eigenvalue weighted by Gasteiger charge is 2.11. The van der Waals surface area contributed by atoms with Crippen LogP contribution in [0.2, 0.25) is 0 Å². The summed E-state index contributed by atoms with van der Waals surface area (Å²) in [5, 5.41) is 12.5. The molecule has 1 rings (SSSR count). The third-order valence-corrected chi connectivity index (χ3v) is 2.97. The molecule has 0 bridgehead atoms. The smallest absolute Gasteiger partial charge is 0.308 e. The van der Waals surface area contributed by atoms with Crippen molar-refractivity contribution in [3.8, 4) is 5.75 Å². The molecule has 0 spiro atoms. The second-order valence-corrected chi connectivity index (χ2v) is 5.60. The number of carbonyl (C=O) groups excluding carboxylic acids is 2. The number of hydrogen-bond acceptors (Lipinski definition) is 4. The Morgan fingerprint density at radius 3 is 2.43 bits per heavy atom. The lowest BCUT2D eigenvalue weighted by Crippen LogP contribution is -2.27. The van der Waals surface area contributed by atoms with E-state index in [2.05, 4.69) is 5.32 Å². The van der Waals surface area contributed by atoms with Crippen molar-refractivity contribution in [2.75, 3.05) is 0 Å². The predicted octanol–water partition coefficient (Wildman–Crippen LogP) is 2.36. The zero-order valence-electron chi connectivity index (χ0n) is 13.0. The second kappa shape index (κ2) is 7.67. The Balaban J connectivity index is 2.67. The van der Waals surface area contributed by atoms with Gasteiger partial charge in [-0.05, 0) is 17.7 Å². The average Bonchev–Trinajstić information content (AvgIpc) is 2.43. The van der Waals surface area contributed by atoms with Gasteiger partial charge in [-0.3, -0.25) is 9.59 Å². The normalized spacial score (nSPS) is 10.8. The summed E-state index contributed by atoms with van der Waals surface area (Å²) in [5.74, 6) is -0.518. The van der Waals surface area contributed by atoms with Gasteiger partial charge in [0.25, 0.3) is 0 Å². The summed E-state index contributed by atoms with van der Waals surface area (Å²) in [7, 11) is 0. The molecule has 0 aliphatic heterocycles. The summed E-state index contributed by atoms with van der Waals surface area (Å²) >= 11 is 0. The van der Waals surface area contributed by atoms with Crippen LogP contribution in [0, 0.1) is 11.8 Å². The van der Waals surface area contributed by atoms with Crippen LogP contribution in [0.25, 0.3) is 0 Å². The number of nitrogens with one attached hydrogen (secondary N) is 1. The molecule has 0 atom stereocenters. The fourth-order valence-corrected chi connectivity index (χ4v) is 1.58. The van der Waals surface area contributed by atoms with Gasteiger partial charge < -0.3 is 15.2 Å². The first kappa shape index (κ1) is 17.0. The van der Waals surface area contributed by atoms with Crippen LogP contribution in [0.15, 0.2) is 18.2 Å². The molecule has 0 saturated heterocycles. The molecular weight excluding hydrogens is 270 g/mol. The summed E-state index contributed by atoms with van der Waals surface area (Å²) in [4.78, 5) is 23.0. The van der Waals surface area contributed by atoms with Crippen molar-refractivity contribution in [2.45, 2.75) is 40.8 Å². The maximum absolute atomic E-state index is 11.5. The highest BCUT2D eigenvalue weighted by Crippen LogP contribution is 2.19. The van der Waals surface area contributed by atoms with Crippen molar-refractivity contribution in [1.29, 1.82) is 0 Å². The van der Waals surface area contributed by atoms with Crippen molar-refractivity contribution in [2.24, 2.45) is 11.8 Å². The topological polar surface area (TPSA) is 75.6 Å². The SMILES string of the molecule is CC(C)C(=O)NCc1cc(COC(=O)C(C)C)ccc1O. The Bertz CT molecular complexity index is 509. The van der Waals surface area contributed by atoms with E-state index in [9.17, 15) is 14.7 Å². The van der Waals surface area contributed by atoms with E-state index in [-0.39, 0.29) is 42.6 Å². The molecule has 0 aromatic heterocycles. The molecule has 0 heterocycles. The van der Waals surface area contributed by atoms with Gasteiger partial charge in [-0.15, -0.1) is 0 Å². The number of phenolic OH excluding ortho intramolecular Hbond substituents is 1. The lowest BCUT2D eigenvalue weighted by molar-refractivity contribution is -0.148. The summed E-state index contributed by atoms with van der Waals surface area (Å²) in [6.45, 7) is 7.54. The highest BCUT2D eigenvalue weighted by atomic mass is 16.5. The Labute approximate surface area is 125 Å². The Morgan fingerprint density at radius 2 is 1.86 bits per heavy atom. The first-order valence-electron chi connectivity index (χ1n) is 7.06. The lowest BCUT2D eigenvalue weighted by atomic mass is 10.1. The first-order chi connectivity index (χ1) is 9.81. The molecule has 116 valence electrons. The molecule has 21 heavy (non-hydrogen) atoms. The van der Waals surface area contributed by atoms with E-state index < -0.39 is 0 Å². The molecule has 1 aromatic carbocycles. The van der Waals surface area contributed by atoms with E-state index in [0.29, 0.717) is 5.56 Å². The number of carbonyl (C=O) groups is 2. The number of amides is 1. The number of hydrogen-bond donors (Lipinski definition) is 2. The van der Waals surface area contributed by atoms with Crippen LogP contribution in [0.1, 0.15) is 38.8 Å². The van der Waals surface area contributed by atoms with Gasteiger partial charge in [0, 0.05) is 18.0 Å². The van der Waals surface area contributed by atoms with Gasteiger partial charge in [0.05, 0.1) is 5.92 Å². The largest absolute Gasteiger partial charge is 0.508 e. The number of rotatable bonds is 6. The second-order valence-electron chi connectivity index (χ2n) is 5.60. The van der Waals surface area contributed by atoms with Gasteiger partial charge in [0.2, 0.25) is 5.91 Å². The maximum atomic E-state index is 11.5. The van der Waals surface area contributed by atoms with E-state index in [1.807, 2.05) is 0 Å². The van der Waals surface area contributed by atoms with Crippen LogP contribution < -0.4 is 5.32 Å². The molecule has 0 saturated carbocycles. The lowest BCUT2D eigenvalue weighted by Gasteiger charge is -2.11. The highest BCUT2D eigenvalue weighted by molar-refractivity contribution is 5.77. The zero-order chi connectivity index (χ0) is 16.0. The summed E-state index contributed by atoms with van der Waals surface area (Å²) in [6, 6.07) is 4.95. The van der Waals surface area contributed by atoms with Crippen LogP contribution in [0.5, 0.6) is 5.75 Å². The quantitative estimate of drug-likeness (QED) is 0.790. The standard InChI is InChI=1S/C16H23NO4/c1-10(2)15(19)17-8-13-7-12(5-6-14(13)18)9-21-16(20)11(3)4/h5-7,10-11,18H,8-9H2,1-4H3,(H,17,19). The molecular formula is C16H23NO4. The molecule has 1 aromatic rings. The van der Waals surface area contributed by atoms with Crippen molar-refractivity contribution in [3.63, 3.8) is 0 Å². The van der Waals surface area contributed by atoms with Gasteiger partial charge in [-0.1, -0.05) is 33.8 Å². The first-order valence-corrected chi connectivity index (χ1v) is 7.06. The van der Waals surface area contributed by atoms with Gasteiger partial charge in [0.15, 0.2) is 0 Å². The Morgan fingerprint density at radius 1 is 1.19 bits per heavy atom. The molecule has 0 aliphatic rings. The predicted molar refractivity (Wildman–Crippen MR) is 79.4 cm³/mol. The summed E-state index contributed by atoms with van der Waals surface area (Å²) in [6.07, 6.45) is 0. The third-order valence-electron chi connectivity index (χ3n) is 2.97. The van der Waals surface area contributed by atoms with Crippen molar-refractivity contribution in [3.05, 3.63) is 29.3 Å². The van der Waals surface area contributed by atoms with E-state index in [1.165, 1.54) is 6.07 Å². The molecule has 0 unspecified atom stereocenters. The van der Waals surface area contributed by atoms with Gasteiger partial charge in [0.1, 0.15) is 12.4 Å². The summed E-state index contributed by atoms with van der Waals surface area (Å²) < 4.78 is 5.14. The monoisotopic (exact) mass is 293 g/mol. The van der Waals surface area contributed by atoms with E-state index in [1.54, 1.807) is 39.8 Å². The van der Waals surface area contributed by atoms with Crippen molar-refractivity contribution >= 4 is 11.9 Å². The maximum Gasteiger partial charge on any atom is 0.308 e. The van der Waals surface area contributed by atoms with Crippen LogP contribution >= 0.6 is 0 Å². The minimum atomic E-state index is -0.266. The minimum Gasteiger partial charge on any atom is -0.508 e. The van der Waals surface area contributed by atoms with E-state index >= 15 is 0 Å². The van der Waals surface area contributed by atoms with E-state index in [4.69, 9.17) is 4.74 Å². The van der Waals surface area contributed by atoms with E-state index in [0.717, 1.165) is 5.56 Å². The number of aromatic hydroxyl groups is 1. The van der Waals surface area contributed by atoms with Crippen LogP contribution in [0.3, 0.4) is 0 Å². The Kier molecular flexibility index (Phi) is 6.21. The number of phenols is 1. The molecule has 2 N–H and O–H groups in total.